The van der Waals surface area contributed by atoms with Crippen molar-refractivity contribution >= 4 is 21.6 Å². The number of alkyl halides is 2. The lowest BCUT2D eigenvalue weighted by atomic mass is 9.70. The number of aliphatic carboxylic acids is 1. The van der Waals surface area contributed by atoms with Crippen LogP contribution in [-0.2, 0) is 30.8 Å². The number of morpholine rings is 1. The predicted molar refractivity (Wildman–Crippen MR) is 193 cm³/mol. The lowest BCUT2D eigenvalue weighted by Gasteiger charge is -2.33. The molecule has 17 heteroatoms. The van der Waals surface area contributed by atoms with Gasteiger partial charge in [0, 0.05) is 57.5 Å². The zero-order chi connectivity index (χ0) is 38.6. The summed E-state index contributed by atoms with van der Waals surface area (Å²) in [5.41, 5.74) is 1.92. The van der Waals surface area contributed by atoms with Crippen molar-refractivity contribution < 1.29 is 46.0 Å². The Hall–Kier alpha value is -4.29. The number of sulfonamides is 1. The van der Waals surface area contributed by atoms with E-state index in [4.69, 9.17) is 18.9 Å². The van der Waals surface area contributed by atoms with Crippen molar-refractivity contribution in [2.45, 2.75) is 57.9 Å². The number of fused-ring (bicyclic) bond motifs is 2. The second kappa shape index (κ2) is 16.6. The molecule has 292 valence electrons. The van der Waals surface area contributed by atoms with Gasteiger partial charge in [-0.3, -0.25) is 14.1 Å². The van der Waals surface area contributed by atoms with Crippen LogP contribution in [0.1, 0.15) is 66.3 Å². The molecule has 54 heavy (non-hydrogen) atoms. The van der Waals surface area contributed by atoms with Crippen molar-refractivity contribution in [3.63, 3.8) is 0 Å². The molecule has 14 nitrogen and oxygen atoms in total. The SMILES string of the molecule is Cc1ccc([C@H](c2ccn3c(C(F)F)nnc3c2C)C(C)(C)C(=O)O)cc1CN1CCCOCCOc2nc(OCCN3CCOCC3)ccc2S1(=O)=O. The Morgan fingerprint density at radius 3 is 2.50 bits per heavy atom. The fraction of sp³-hybridized carbons (Fsp3) is 0.514. The lowest BCUT2D eigenvalue weighted by Crippen LogP contribution is -2.38. The number of carbonyl (C=O) groups is 1. The van der Waals surface area contributed by atoms with Gasteiger partial charge in [-0.15, -0.1) is 10.2 Å². The minimum atomic E-state index is -4.19. The third-order valence-electron chi connectivity index (χ3n) is 10.1. The average Bonchev–Trinajstić information content (AvgIpc) is 3.58. The highest BCUT2D eigenvalue weighted by atomic mass is 32.2. The van der Waals surface area contributed by atoms with Crippen LogP contribution in [0, 0.1) is 19.3 Å². The second-order valence-electron chi connectivity index (χ2n) is 14.0. The van der Waals surface area contributed by atoms with E-state index in [0.717, 1.165) is 18.7 Å². The molecular weight excluding hydrogens is 727 g/mol. The van der Waals surface area contributed by atoms with E-state index in [0.29, 0.717) is 61.6 Å². The second-order valence-corrected chi connectivity index (χ2v) is 15.9. The van der Waals surface area contributed by atoms with Crippen molar-refractivity contribution in [1.29, 1.82) is 0 Å². The molecule has 0 spiro atoms. The summed E-state index contributed by atoms with van der Waals surface area (Å²) < 4.78 is 81.7. The van der Waals surface area contributed by atoms with E-state index >= 15 is 0 Å². The van der Waals surface area contributed by atoms with Gasteiger partial charge in [0.05, 0.1) is 25.2 Å². The van der Waals surface area contributed by atoms with E-state index in [9.17, 15) is 27.1 Å². The van der Waals surface area contributed by atoms with Crippen molar-refractivity contribution in [2.24, 2.45) is 5.41 Å². The highest BCUT2D eigenvalue weighted by molar-refractivity contribution is 7.89. The van der Waals surface area contributed by atoms with E-state index in [1.54, 1.807) is 26.8 Å². The van der Waals surface area contributed by atoms with Gasteiger partial charge in [-0.25, -0.2) is 17.2 Å². The van der Waals surface area contributed by atoms with Crippen molar-refractivity contribution in [3.8, 4) is 11.8 Å². The fourth-order valence-corrected chi connectivity index (χ4v) is 8.40. The summed E-state index contributed by atoms with van der Waals surface area (Å²) in [4.78, 5) is 19.4. The van der Waals surface area contributed by atoms with E-state index in [2.05, 4.69) is 20.1 Å². The van der Waals surface area contributed by atoms with E-state index in [1.807, 2.05) is 25.1 Å². The van der Waals surface area contributed by atoms with Crippen LogP contribution < -0.4 is 9.47 Å². The van der Waals surface area contributed by atoms with Gasteiger partial charge >= 0.3 is 5.97 Å². The third kappa shape index (κ3) is 8.34. The Kier molecular flexibility index (Phi) is 12.1. The van der Waals surface area contributed by atoms with Gasteiger partial charge in [0.2, 0.25) is 27.6 Å². The molecule has 3 aromatic heterocycles. The molecule has 0 bridgehead atoms. The minimum Gasteiger partial charge on any atom is -0.481 e. The highest BCUT2D eigenvalue weighted by Gasteiger charge is 2.41. The topological polar surface area (TPSA) is 158 Å². The molecule has 1 N–H and O–H groups in total. The number of carboxylic acid groups (broad SMARTS) is 1. The van der Waals surface area contributed by atoms with E-state index < -0.39 is 39.6 Å². The van der Waals surface area contributed by atoms with Crippen LogP contribution in [0.3, 0.4) is 0 Å². The number of rotatable bonds is 11. The molecule has 0 unspecified atom stereocenters. The maximum Gasteiger partial charge on any atom is 0.310 e. The fourth-order valence-electron chi connectivity index (χ4n) is 6.88. The van der Waals surface area contributed by atoms with Crippen LogP contribution in [0.2, 0.25) is 0 Å². The molecule has 0 radical (unpaired) electrons. The molecule has 1 saturated heterocycles. The largest absolute Gasteiger partial charge is 0.481 e. The Morgan fingerprint density at radius 1 is 1.00 bits per heavy atom. The number of halogens is 2. The first kappa shape index (κ1) is 39.4. The number of hydrogen-bond donors (Lipinski definition) is 1. The standard InChI is InChI=1S/C37H46F2N6O8S/c1-24-6-7-26(31(37(3,4)36(46)47)28-10-12-45-33(25(28)2)41-42-34(45)32(38)39)22-27(24)23-44-11-5-16-50-20-21-53-35-29(54(44,48)49)8-9-30(40-35)52-19-15-43-13-17-51-18-14-43/h6-10,12,22,31-32H,5,11,13-21,23H2,1-4H3,(H,46,47)/t31-/m1/s1. The number of ether oxygens (including phenoxy) is 4. The van der Waals surface area contributed by atoms with E-state index in [1.165, 1.54) is 27.0 Å². The Labute approximate surface area is 313 Å². The van der Waals surface area contributed by atoms with Crippen molar-refractivity contribution in [1.82, 2.24) is 28.8 Å². The number of aryl methyl sites for hydroxylation is 2. The summed E-state index contributed by atoms with van der Waals surface area (Å²) in [6, 6.07) is 10.1. The zero-order valence-electron chi connectivity index (χ0n) is 30.8. The third-order valence-corrected chi connectivity index (χ3v) is 11.9. The van der Waals surface area contributed by atoms with Crippen LogP contribution in [0.25, 0.3) is 5.65 Å². The molecule has 1 aromatic carbocycles. The average molecular weight is 773 g/mol. The molecule has 2 aliphatic heterocycles. The quantitative estimate of drug-likeness (QED) is 0.226. The number of carboxylic acids is 1. The van der Waals surface area contributed by atoms with Gasteiger partial charge in [-0.1, -0.05) is 18.2 Å². The number of aromatic nitrogens is 4. The van der Waals surface area contributed by atoms with Crippen molar-refractivity contribution in [2.75, 3.05) is 65.8 Å². The maximum absolute atomic E-state index is 14.5. The van der Waals surface area contributed by atoms with Gasteiger partial charge in [0.1, 0.15) is 18.1 Å². The number of pyridine rings is 2. The lowest BCUT2D eigenvalue weighted by molar-refractivity contribution is -0.147. The monoisotopic (exact) mass is 772 g/mol. The number of benzene rings is 1. The Morgan fingerprint density at radius 2 is 1.76 bits per heavy atom. The Bertz CT molecular complexity index is 2070. The summed E-state index contributed by atoms with van der Waals surface area (Å²) in [6.07, 6.45) is -1.01. The van der Waals surface area contributed by atoms with Gasteiger partial charge in [0.25, 0.3) is 6.43 Å². The van der Waals surface area contributed by atoms with Gasteiger partial charge < -0.3 is 24.1 Å². The smallest absolute Gasteiger partial charge is 0.310 e. The first-order valence-corrected chi connectivity index (χ1v) is 19.3. The predicted octanol–water partition coefficient (Wildman–Crippen LogP) is 4.62. The maximum atomic E-state index is 14.5. The van der Waals surface area contributed by atoms with Gasteiger partial charge in [-0.2, -0.15) is 9.29 Å². The summed E-state index contributed by atoms with van der Waals surface area (Å²) in [7, 11) is -4.19. The first-order valence-electron chi connectivity index (χ1n) is 17.9. The van der Waals surface area contributed by atoms with Gasteiger partial charge in [0.15, 0.2) is 5.65 Å². The Balaban J connectivity index is 1.34. The van der Waals surface area contributed by atoms with Crippen molar-refractivity contribution in [3.05, 3.63) is 76.2 Å². The van der Waals surface area contributed by atoms with E-state index in [-0.39, 0.29) is 48.6 Å². The van der Waals surface area contributed by atoms with Gasteiger partial charge in [-0.05, 0) is 74.1 Å². The molecule has 1 atom stereocenters. The summed E-state index contributed by atoms with van der Waals surface area (Å²) in [5, 5.41) is 18.1. The van der Waals surface area contributed by atoms with Crippen LogP contribution in [0.5, 0.6) is 11.8 Å². The molecule has 4 aromatic rings. The minimum absolute atomic E-state index is 0.0423. The number of hydrogen-bond acceptors (Lipinski definition) is 11. The van der Waals surface area contributed by atoms with Crippen LogP contribution >= 0.6 is 0 Å². The molecule has 0 saturated carbocycles. The zero-order valence-corrected chi connectivity index (χ0v) is 31.7. The van der Waals surface area contributed by atoms with Crippen LogP contribution in [0.15, 0.2) is 47.5 Å². The molecule has 0 amide bonds. The van der Waals surface area contributed by atoms with Crippen LogP contribution in [-0.4, -0.2) is 114 Å². The summed E-state index contributed by atoms with van der Waals surface area (Å²) in [6.45, 7) is 11.4. The molecule has 2 aliphatic rings. The summed E-state index contributed by atoms with van der Waals surface area (Å²) in [5.74, 6) is -2.22. The molecular formula is C37H46F2N6O8S. The normalized spacial score (nSPS) is 18.1. The van der Waals surface area contributed by atoms with Crippen LogP contribution in [0.4, 0.5) is 8.78 Å². The molecule has 1 fully saturated rings. The summed E-state index contributed by atoms with van der Waals surface area (Å²) >= 11 is 0. The first-order chi connectivity index (χ1) is 25.8. The highest BCUT2D eigenvalue weighted by Crippen LogP contribution is 2.44. The number of nitrogens with zero attached hydrogens (tertiary/aromatic N) is 6. The molecule has 6 rings (SSSR count). The molecule has 0 aliphatic carbocycles. The molecule has 5 heterocycles.